The molecule has 196 valence electrons. The average molecular weight is 504 g/mol. The summed E-state index contributed by atoms with van der Waals surface area (Å²) in [6.07, 6.45) is 11.7. The summed E-state index contributed by atoms with van der Waals surface area (Å²) in [5.74, 6) is 1.92. The van der Waals surface area contributed by atoms with Gasteiger partial charge in [0.2, 0.25) is 0 Å². The third kappa shape index (κ3) is 4.84. The lowest BCUT2D eigenvalue weighted by atomic mass is 10.1. The molecule has 2 atom stereocenters. The molecule has 9 heteroatoms. The van der Waals surface area contributed by atoms with Crippen LogP contribution in [0.25, 0.3) is 12.3 Å². The number of likely N-dealkylation sites (N-methyl/N-ethyl adjacent to an activating group) is 1. The van der Waals surface area contributed by atoms with Crippen LogP contribution < -0.4 is 21.0 Å². The van der Waals surface area contributed by atoms with Crippen LogP contribution in [0.1, 0.15) is 69.5 Å². The molecule has 2 bridgehead atoms. The molecule has 9 nitrogen and oxygen atoms in total. The van der Waals surface area contributed by atoms with Gasteiger partial charge in [-0.15, -0.1) is 0 Å². The molecule has 2 unspecified atom stereocenters. The number of hydrogen-bond acceptors (Lipinski definition) is 7. The molecular formula is C28H37N7O2. The second-order valence-corrected chi connectivity index (χ2v) is 10.7. The molecule has 2 saturated heterocycles. The molecule has 2 aromatic rings. The zero-order chi connectivity index (χ0) is 26.3. The SMILES string of the molecule is C=c1c(C=NC(C)=Nc2cnc(N3CC4CCC(C3)N4C)cn2)c(C)c(=C(C)O)c(=O)n1C1CCCC1. The van der Waals surface area contributed by atoms with Gasteiger partial charge in [-0.2, -0.15) is 0 Å². The van der Waals surface area contributed by atoms with Crippen molar-refractivity contribution in [1.29, 1.82) is 0 Å². The maximum Gasteiger partial charge on any atom is 0.262 e. The number of amidine groups is 1. The molecule has 2 aromatic heterocycles. The Kier molecular flexibility index (Phi) is 6.98. The van der Waals surface area contributed by atoms with Gasteiger partial charge >= 0.3 is 0 Å². The quantitative estimate of drug-likeness (QED) is 0.509. The Morgan fingerprint density at radius 3 is 2.35 bits per heavy atom. The monoisotopic (exact) mass is 503 g/mol. The van der Waals surface area contributed by atoms with Crippen molar-refractivity contribution in [3.63, 3.8) is 0 Å². The van der Waals surface area contributed by atoms with Crippen molar-refractivity contribution in [2.75, 3.05) is 25.0 Å². The molecule has 1 aliphatic carbocycles. The number of hydrogen-bond donors (Lipinski definition) is 1. The molecule has 0 spiro atoms. The van der Waals surface area contributed by atoms with Gasteiger partial charge in [0.15, 0.2) is 5.82 Å². The fourth-order valence-corrected chi connectivity index (χ4v) is 6.22. The second kappa shape index (κ2) is 10.2. The zero-order valence-corrected chi connectivity index (χ0v) is 22.3. The van der Waals surface area contributed by atoms with Crippen LogP contribution in [0.3, 0.4) is 0 Å². The Morgan fingerprint density at radius 1 is 1.08 bits per heavy atom. The van der Waals surface area contributed by atoms with E-state index in [9.17, 15) is 9.90 Å². The predicted octanol–water partition coefficient (Wildman–Crippen LogP) is 2.61. The molecule has 3 fully saturated rings. The Labute approximate surface area is 217 Å². The fraction of sp³-hybridized carbons (Fsp3) is 0.536. The Bertz CT molecular complexity index is 1390. The number of anilines is 1. The normalized spacial score (nSPS) is 23.9. The van der Waals surface area contributed by atoms with Crippen LogP contribution in [-0.2, 0) is 0 Å². The minimum atomic E-state index is -0.180. The number of aliphatic hydroxyl groups is 1. The predicted molar refractivity (Wildman–Crippen MR) is 149 cm³/mol. The smallest absolute Gasteiger partial charge is 0.262 e. The first-order valence-electron chi connectivity index (χ1n) is 13.3. The van der Waals surface area contributed by atoms with Crippen LogP contribution in [0, 0.1) is 6.92 Å². The van der Waals surface area contributed by atoms with Gasteiger partial charge in [0.1, 0.15) is 17.4 Å². The highest BCUT2D eigenvalue weighted by molar-refractivity contribution is 5.95. The molecule has 3 aliphatic rings. The highest BCUT2D eigenvalue weighted by Gasteiger charge is 2.37. The second-order valence-electron chi connectivity index (χ2n) is 10.7. The fourth-order valence-electron chi connectivity index (χ4n) is 6.22. The summed E-state index contributed by atoms with van der Waals surface area (Å²) in [5, 5.41) is 11.2. The first-order chi connectivity index (χ1) is 17.7. The summed E-state index contributed by atoms with van der Waals surface area (Å²) in [6.45, 7) is 11.4. The summed E-state index contributed by atoms with van der Waals surface area (Å²) >= 11 is 0. The topological polar surface area (TPSA) is 99.2 Å². The molecule has 0 radical (unpaired) electrons. The van der Waals surface area contributed by atoms with E-state index in [2.05, 4.69) is 43.4 Å². The van der Waals surface area contributed by atoms with Gasteiger partial charge in [-0.25, -0.2) is 20.0 Å². The molecule has 0 amide bonds. The van der Waals surface area contributed by atoms with Crippen LogP contribution >= 0.6 is 0 Å². The van der Waals surface area contributed by atoms with Gasteiger partial charge in [0, 0.05) is 48.3 Å². The van der Waals surface area contributed by atoms with E-state index in [0.717, 1.165) is 50.2 Å². The van der Waals surface area contributed by atoms with E-state index >= 15 is 0 Å². The van der Waals surface area contributed by atoms with E-state index < -0.39 is 0 Å². The van der Waals surface area contributed by atoms with Gasteiger partial charge in [-0.1, -0.05) is 19.4 Å². The lowest BCUT2D eigenvalue weighted by molar-refractivity contribution is 0.212. The van der Waals surface area contributed by atoms with Crippen molar-refractivity contribution in [2.24, 2.45) is 9.98 Å². The van der Waals surface area contributed by atoms with Gasteiger partial charge in [0.05, 0.1) is 17.6 Å². The molecule has 1 N–H and O–H groups in total. The molecule has 4 heterocycles. The van der Waals surface area contributed by atoms with Crippen molar-refractivity contribution in [2.45, 2.75) is 77.4 Å². The summed E-state index contributed by atoms with van der Waals surface area (Å²) in [7, 11) is 2.22. The molecular weight excluding hydrogens is 466 g/mol. The lowest BCUT2D eigenvalue weighted by Crippen LogP contribution is -2.52. The van der Waals surface area contributed by atoms with Crippen molar-refractivity contribution >= 4 is 36.0 Å². The highest BCUT2D eigenvalue weighted by atomic mass is 16.3. The minimum absolute atomic E-state index is 0.0120. The third-order valence-corrected chi connectivity index (χ3v) is 8.32. The summed E-state index contributed by atoms with van der Waals surface area (Å²) in [5.41, 5.74) is 1.22. The number of rotatable bonds is 4. The molecule has 2 aliphatic heterocycles. The number of piperazine rings is 1. The number of aliphatic hydroxyl groups excluding tert-OH is 1. The van der Waals surface area contributed by atoms with E-state index in [1.807, 2.05) is 6.92 Å². The van der Waals surface area contributed by atoms with E-state index in [0.29, 0.717) is 39.9 Å². The summed E-state index contributed by atoms with van der Waals surface area (Å²) in [6, 6.07) is 1.28. The Morgan fingerprint density at radius 2 is 1.76 bits per heavy atom. The highest BCUT2D eigenvalue weighted by Crippen LogP contribution is 2.30. The molecule has 1 saturated carbocycles. The van der Waals surface area contributed by atoms with Crippen molar-refractivity contribution in [3.8, 4) is 0 Å². The van der Waals surface area contributed by atoms with Crippen LogP contribution in [0.15, 0.2) is 27.2 Å². The largest absolute Gasteiger partial charge is 0.512 e. The van der Waals surface area contributed by atoms with Crippen LogP contribution in [0.5, 0.6) is 0 Å². The maximum atomic E-state index is 13.2. The maximum absolute atomic E-state index is 13.2. The van der Waals surface area contributed by atoms with Gasteiger partial charge in [-0.05, 0) is 59.1 Å². The van der Waals surface area contributed by atoms with Crippen LogP contribution in [0.4, 0.5) is 11.6 Å². The van der Waals surface area contributed by atoms with Gasteiger partial charge in [0.25, 0.3) is 5.56 Å². The van der Waals surface area contributed by atoms with Crippen molar-refractivity contribution in [3.05, 3.63) is 44.4 Å². The molecule has 37 heavy (non-hydrogen) atoms. The van der Waals surface area contributed by atoms with Crippen molar-refractivity contribution < 1.29 is 5.11 Å². The van der Waals surface area contributed by atoms with Crippen LogP contribution in [-0.4, -0.2) is 68.8 Å². The van der Waals surface area contributed by atoms with E-state index in [1.165, 1.54) is 12.8 Å². The Hall–Kier alpha value is -3.33. The third-order valence-electron chi connectivity index (χ3n) is 8.32. The number of pyridine rings is 1. The number of aliphatic imine (C=N–C) groups is 2. The van der Waals surface area contributed by atoms with E-state index in [4.69, 9.17) is 0 Å². The molecule has 0 aromatic carbocycles. The standard InChI is InChI=1S/C28H37N7O2/c1-17-24(18(2)35(21-8-6-7-9-21)28(37)27(17)19(3)36)12-29-20(4)32-25-13-31-26(14-30-25)34-15-22-10-11-23(16-34)33(22)5/h12-14,21-23,36H,2,6-11,15-16H2,1,3-5H3. The number of nitrogens with zero attached hydrogens (tertiary/aromatic N) is 7. The zero-order valence-electron chi connectivity index (χ0n) is 22.3. The van der Waals surface area contributed by atoms with E-state index in [-0.39, 0.29) is 17.4 Å². The van der Waals surface area contributed by atoms with Gasteiger partial charge < -0.3 is 14.6 Å². The summed E-state index contributed by atoms with van der Waals surface area (Å²) < 4.78 is 1.75. The van der Waals surface area contributed by atoms with Crippen LogP contribution in [0.2, 0.25) is 0 Å². The minimum Gasteiger partial charge on any atom is -0.512 e. The lowest BCUT2D eigenvalue weighted by Gasteiger charge is -2.39. The molecule has 5 rings (SSSR count). The Balaban J connectivity index is 1.39. The first kappa shape index (κ1) is 25.3. The number of fused-ring (bicyclic) bond motifs is 2. The number of aromatic nitrogens is 3. The van der Waals surface area contributed by atoms with E-state index in [1.54, 1.807) is 37.0 Å². The van der Waals surface area contributed by atoms with Gasteiger partial charge in [-0.3, -0.25) is 9.69 Å². The summed E-state index contributed by atoms with van der Waals surface area (Å²) in [4.78, 5) is 36.3. The van der Waals surface area contributed by atoms with Crippen molar-refractivity contribution in [1.82, 2.24) is 19.4 Å². The first-order valence-corrected chi connectivity index (χ1v) is 13.3. The average Bonchev–Trinajstić information content (AvgIpc) is 3.43.